The molecule has 3 aromatic rings. The van der Waals surface area contributed by atoms with E-state index in [1.54, 1.807) is 18.0 Å². The lowest BCUT2D eigenvalue weighted by molar-refractivity contribution is 1.05. The third-order valence-corrected chi connectivity index (χ3v) is 3.71. The molecule has 0 spiro atoms. The minimum absolute atomic E-state index is 0.928. The molecule has 0 atom stereocenters. The normalized spacial score (nSPS) is 10.8. The van der Waals surface area contributed by atoms with Gasteiger partial charge >= 0.3 is 0 Å². The van der Waals surface area contributed by atoms with Crippen LogP contribution in [-0.4, -0.2) is 32.9 Å². The van der Waals surface area contributed by atoms with Gasteiger partial charge in [0.15, 0.2) is 12.9 Å². The second-order valence-electron chi connectivity index (χ2n) is 4.17. The molecule has 3 rings (SSSR count). The number of nitrogens with zero attached hydrogens (tertiary/aromatic N) is 4. The van der Waals surface area contributed by atoms with E-state index < -0.39 is 0 Å². The molecule has 0 aliphatic rings. The van der Waals surface area contributed by atoms with E-state index in [9.17, 15) is 0 Å². The molecule has 3 heterocycles. The smallest absolute Gasteiger partial charge is 0.179 e. The molecule has 94 valence electrons. The van der Waals surface area contributed by atoms with E-state index in [2.05, 4.69) is 26.2 Å². The Morgan fingerprint density at radius 3 is 2.89 bits per heavy atom. The summed E-state index contributed by atoms with van der Waals surface area (Å²) in [5.41, 5.74) is 4.07. The quantitative estimate of drug-likeness (QED) is 0.535. The van der Waals surface area contributed by atoms with Gasteiger partial charge < -0.3 is 4.40 Å². The van der Waals surface area contributed by atoms with Gasteiger partial charge in [-0.1, -0.05) is 6.82 Å². The Morgan fingerprint density at radius 1 is 1.32 bits per heavy atom. The van der Waals surface area contributed by atoms with Crippen LogP contribution in [-0.2, 0) is 0 Å². The Balaban J connectivity index is 2.26. The van der Waals surface area contributed by atoms with Crippen molar-refractivity contribution in [1.82, 2.24) is 19.4 Å². The average molecular weight is 268 g/mol. The van der Waals surface area contributed by atoms with Gasteiger partial charge in [-0.25, -0.2) is 9.97 Å². The van der Waals surface area contributed by atoms with Crippen LogP contribution in [0, 0.1) is 0 Å². The van der Waals surface area contributed by atoms with Gasteiger partial charge in [0.1, 0.15) is 5.03 Å². The van der Waals surface area contributed by atoms with Crippen LogP contribution in [0.15, 0.2) is 41.9 Å². The fraction of sp³-hybridized carbons (Fsp3) is 0.154. The molecule has 0 saturated carbocycles. The summed E-state index contributed by atoms with van der Waals surface area (Å²) in [6.45, 7) is 2.13. The van der Waals surface area contributed by atoms with Gasteiger partial charge in [0.05, 0.1) is 5.69 Å². The van der Waals surface area contributed by atoms with Crippen LogP contribution in [0.3, 0.4) is 0 Å². The summed E-state index contributed by atoms with van der Waals surface area (Å²) < 4.78 is 2.13. The monoisotopic (exact) mass is 268 g/mol. The number of pyridine rings is 1. The van der Waals surface area contributed by atoms with Gasteiger partial charge in [0, 0.05) is 35.9 Å². The maximum absolute atomic E-state index is 4.68. The second kappa shape index (κ2) is 5.05. The molecule has 0 saturated heterocycles. The highest BCUT2D eigenvalue weighted by Crippen LogP contribution is 2.22. The van der Waals surface area contributed by atoms with Gasteiger partial charge in [-0.15, -0.1) is 11.8 Å². The molecule has 3 aromatic heterocycles. The van der Waals surface area contributed by atoms with Gasteiger partial charge in [0.2, 0.25) is 0 Å². The molecule has 4 nitrogen and oxygen atoms in total. The minimum atomic E-state index is 0.928. The van der Waals surface area contributed by atoms with Crippen molar-refractivity contribution in [3.63, 3.8) is 0 Å². The molecule has 19 heavy (non-hydrogen) atoms. The first kappa shape index (κ1) is 12.2. The Labute approximate surface area is 116 Å². The number of hydrogen-bond acceptors (Lipinski definition) is 4. The molecule has 0 amide bonds. The van der Waals surface area contributed by atoms with Gasteiger partial charge in [-0.3, -0.25) is 4.98 Å². The number of hydrogen-bond donors (Lipinski definition) is 0. The predicted molar refractivity (Wildman–Crippen MR) is 80.6 cm³/mol. The van der Waals surface area contributed by atoms with Crippen molar-refractivity contribution >= 4 is 30.3 Å². The van der Waals surface area contributed by atoms with Crippen LogP contribution >= 0.6 is 11.8 Å². The van der Waals surface area contributed by atoms with Crippen LogP contribution in [0.1, 0.15) is 0 Å². The van der Waals surface area contributed by atoms with Gasteiger partial charge in [0.25, 0.3) is 0 Å². The number of aromatic nitrogens is 4. The predicted octanol–water partition coefficient (Wildman–Crippen LogP) is 1.62. The van der Waals surface area contributed by atoms with E-state index in [4.69, 9.17) is 0 Å². The summed E-state index contributed by atoms with van der Waals surface area (Å²) in [6.07, 6.45) is 9.59. The van der Waals surface area contributed by atoms with Crippen molar-refractivity contribution in [3.8, 4) is 11.3 Å². The molecule has 0 aliphatic carbocycles. The van der Waals surface area contributed by atoms with E-state index in [1.807, 2.05) is 37.0 Å². The maximum atomic E-state index is 4.68. The summed E-state index contributed by atoms with van der Waals surface area (Å²) >= 11 is 1.62. The van der Waals surface area contributed by atoms with Crippen LogP contribution < -0.4 is 5.59 Å². The van der Waals surface area contributed by atoms with Crippen molar-refractivity contribution in [2.24, 2.45) is 0 Å². The zero-order valence-electron chi connectivity index (χ0n) is 10.9. The highest BCUT2D eigenvalue weighted by Gasteiger charge is 2.11. The molecule has 0 N–H and O–H groups in total. The summed E-state index contributed by atoms with van der Waals surface area (Å²) in [7, 11) is 0.950. The molecule has 0 unspecified atom stereocenters. The lowest BCUT2D eigenvalue weighted by atomic mass is 9.78. The van der Waals surface area contributed by atoms with E-state index in [1.165, 1.54) is 5.59 Å². The van der Waals surface area contributed by atoms with E-state index >= 15 is 0 Å². The molecular formula is C13H13BN4S. The molecule has 0 aliphatic heterocycles. The maximum Gasteiger partial charge on any atom is 0.179 e. The lowest BCUT2D eigenvalue weighted by Crippen LogP contribution is -2.16. The highest BCUT2D eigenvalue weighted by molar-refractivity contribution is 7.98. The van der Waals surface area contributed by atoms with Crippen molar-refractivity contribution in [2.75, 3.05) is 6.26 Å². The van der Waals surface area contributed by atoms with Crippen molar-refractivity contribution in [2.45, 2.75) is 11.8 Å². The average Bonchev–Trinajstić information content (AvgIpc) is 2.90. The second-order valence-corrected chi connectivity index (χ2v) is 4.97. The SMILES string of the molecule is CBc1cnc2c(SC)nc(-c3cccnc3)cn12. The van der Waals surface area contributed by atoms with Crippen molar-refractivity contribution in [1.29, 1.82) is 0 Å². The fourth-order valence-corrected chi connectivity index (χ4v) is 2.58. The third-order valence-electron chi connectivity index (χ3n) is 3.05. The number of thioether (sulfide) groups is 1. The first-order valence-electron chi connectivity index (χ1n) is 6.15. The number of fused-ring (bicyclic) bond motifs is 1. The lowest BCUT2D eigenvalue weighted by Gasteiger charge is -2.07. The number of rotatable bonds is 3. The Kier molecular flexibility index (Phi) is 3.25. The Hall–Kier alpha value is -1.82. The molecule has 0 fully saturated rings. The van der Waals surface area contributed by atoms with Gasteiger partial charge in [-0.2, -0.15) is 0 Å². The summed E-state index contributed by atoms with van der Waals surface area (Å²) in [6, 6.07) is 3.95. The van der Waals surface area contributed by atoms with E-state index in [0.29, 0.717) is 0 Å². The standard InChI is InChI=1S/C13H13BN4S/c1-14-11-7-16-12-13(19-2)17-10(8-18(11)12)9-4-3-5-15-6-9/h3-8,14H,1-2H3. The largest absolute Gasteiger partial charge is 0.309 e. The van der Waals surface area contributed by atoms with Gasteiger partial charge in [-0.05, 0) is 18.4 Å². The van der Waals surface area contributed by atoms with Crippen molar-refractivity contribution < 1.29 is 0 Å². The third kappa shape index (κ3) is 2.12. The topological polar surface area (TPSA) is 43.1 Å². The number of imidazole rings is 1. The first-order chi connectivity index (χ1) is 9.33. The Morgan fingerprint density at radius 2 is 2.21 bits per heavy atom. The molecular weight excluding hydrogens is 255 g/mol. The zero-order chi connectivity index (χ0) is 13.2. The Bertz CT molecular complexity index is 711. The van der Waals surface area contributed by atoms with Crippen LogP contribution in [0.25, 0.3) is 16.9 Å². The van der Waals surface area contributed by atoms with E-state index in [0.717, 1.165) is 29.2 Å². The fourth-order valence-electron chi connectivity index (χ4n) is 2.06. The minimum Gasteiger partial charge on any atom is -0.309 e. The molecule has 0 aromatic carbocycles. The van der Waals surface area contributed by atoms with Crippen LogP contribution in [0.2, 0.25) is 6.82 Å². The highest BCUT2D eigenvalue weighted by atomic mass is 32.2. The summed E-state index contributed by atoms with van der Waals surface area (Å²) in [5.74, 6) is 0. The first-order valence-corrected chi connectivity index (χ1v) is 7.37. The zero-order valence-corrected chi connectivity index (χ0v) is 11.7. The van der Waals surface area contributed by atoms with Crippen LogP contribution in [0.5, 0.6) is 0 Å². The molecule has 0 radical (unpaired) electrons. The van der Waals surface area contributed by atoms with Crippen molar-refractivity contribution in [3.05, 3.63) is 36.9 Å². The summed E-state index contributed by atoms with van der Waals surface area (Å²) in [5, 5.41) is 0.945. The molecule has 0 bridgehead atoms. The molecule has 6 heteroatoms. The summed E-state index contributed by atoms with van der Waals surface area (Å²) in [4.78, 5) is 13.3. The van der Waals surface area contributed by atoms with Crippen LogP contribution in [0.4, 0.5) is 0 Å². The van der Waals surface area contributed by atoms with E-state index in [-0.39, 0.29) is 0 Å².